The number of piperidine rings is 2. The third kappa shape index (κ3) is 5.81. The molecule has 0 spiro atoms. The summed E-state index contributed by atoms with van der Waals surface area (Å²) in [6.45, 7) is 3.70. The Morgan fingerprint density at radius 1 is 0.906 bits per heavy atom. The van der Waals surface area contributed by atoms with Crippen molar-refractivity contribution >= 4 is 29.2 Å². The number of hydrogen-bond acceptors (Lipinski definition) is 3. The summed E-state index contributed by atoms with van der Waals surface area (Å²) in [6, 6.07) is 15.2. The van der Waals surface area contributed by atoms with Crippen molar-refractivity contribution in [3.63, 3.8) is 0 Å². The molecule has 0 unspecified atom stereocenters. The Labute approximate surface area is 194 Å². The monoisotopic (exact) mass is 454 g/mol. The molecule has 0 aliphatic carbocycles. The number of nitrogens with zero attached hydrogens (tertiary/aromatic N) is 1. The zero-order chi connectivity index (χ0) is 22.3. The SMILES string of the molecule is O=C(Nc1ccc(Cl)cc1)N[C@H](C(=O)N1CCC(C2CCNCC2)CC1)c1ccccc1. The van der Waals surface area contributed by atoms with Crippen LogP contribution in [-0.4, -0.2) is 43.0 Å². The zero-order valence-electron chi connectivity index (χ0n) is 18.2. The van der Waals surface area contributed by atoms with Crippen molar-refractivity contribution in [1.29, 1.82) is 0 Å². The fraction of sp³-hybridized carbons (Fsp3) is 0.440. The van der Waals surface area contributed by atoms with E-state index in [0.29, 0.717) is 16.6 Å². The Hall–Kier alpha value is -2.57. The smallest absolute Gasteiger partial charge is 0.320 e. The molecule has 0 saturated carbocycles. The van der Waals surface area contributed by atoms with Gasteiger partial charge in [0.25, 0.3) is 0 Å². The van der Waals surface area contributed by atoms with E-state index < -0.39 is 12.1 Å². The lowest BCUT2D eigenvalue weighted by Gasteiger charge is -2.39. The van der Waals surface area contributed by atoms with E-state index in [1.54, 1.807) is 24.3 Å². The molecule has 2 aromatic rings. The normalized spacial score (nSPS) is 18.7. The first-order valence-corrected chi connectivity index (χ1v) is 11.9. The van der Waals surface area contributed by atoms with E-state index >= 15 is 0 Å². The van der Waals surface area contributed by atoms with Gasteiger partial charge in [0.15, 0.2) is 0 Å². The minimum absolute atomic E-state index is 0.0498. The first-order valence-electron chi connectivity index (χ1n) is 11.5. The highest BCUT2D eigenvalue weighted by atomic mass is 35.5. The number of carbonyl (C=O) groups is 2. The van der Waals surface area contributed by atoms with Gasteiger partial charge in [0.1, 0.15) is 6.04 Å². The lowest BCUT2D eigenvalue weighted by atomic mass is 9.79. The molecule has 0 bridgehead atoms. The second-order valence-electron chi connectivity index (χ2n) is 8.70. The molecule has 2 saturated heterocycles. The van der Waals surface area contributed by atoms with Gasteiger partial charge in [-0.15, -0.1) is 0 Å². The summed E-state index contributed by atoms with van der Waals surface area (Å²) < 4.78 is 0. The molecule has 4 rings (SSSR count). The highest BCUT2D eigenvalue weighted by molar-refractivity contribution is 6.30. The van der Waals surface area contributed by atoms with Gasteiger partial charge in [0.2, 0.25) is 5.91 Å². The van der Waals surface area contributed by atoms with Crippen LogP contribution in [-0.2, 0) is 4.79 Å². The van der Waals surface area contributed by atoms with Crippen LogP contribution < -0.4 is 16.0 Å². The Kier molecular flexibility index (Phi) is 7.66. The van der Waals surface area contributed by atoms with Crippen molar-refractivity contribution in [3.05, 3.63) is 65.2 Å². The van der Waals surface area contributed by atoms with Gasteiger partial charge >= 0.3 is 6.03 Å². The average Bonchev–Trinajstić information content (AvgIpc) is 2.85. The third-order valence-corrected chi connectivity index (χ3v) is 6.91. The minimum atomic E-state index is -0.723. The van der Waals surface area contributed by atoms with Crippen LogP contribution in [0.3, 0.4) is 0 Å². The lowest BCUT2D eigenvalue weighted by Crippen LogP contribution is -2.48. The highest BCUT2D eigenvalue weighted by Crippen LogP contribution is 2.31. The number of rotatable bonds is 5. The third-order valence-electron chi connectivity index (χ3n) is 6.66. The standard InChI is InChI=1S/C25H31ClN4O2/c26-21-6-8-22(9-7-21)28-25(32)29-23(20-4-2-1-3-5-20)24(31)30-16-12-19(13-17-30)18-10-14-27-15-11-18/h1-9,18-19,23,27H,10-17H2,(H2,28,29,32)/t23-/m0/s1. The van der Waals surface area contributed by atoms with Crippen molar-refractivity contribution in [2.75, 3.05) is 31.5 Å². The summed E-state index contributed by atoms with van der Waals surface area (Å²) in [6.07, 6.45) is 4.54. The van der Waals surface area contributed by atoms with Crippen LogP contribution in [0.2, 0.25) is 5.02 Å². The molecule has 2 aliphatic heterocycles. The van der Waals surface area contributed by atoms with Crippen LogP contribution in [0.15, 0.2) is 54.6 Å². The molecule has 32 heavy (non-hydrogen) atoms. The van der Waals surface area contributed by atoms with Crippen LogP contribution in [0.25, 0.3) is 0 Å². The predicted octanol–water partition coefficient (Wildman–Crippen LogP) is 4.44. The highest BCUT2D eigenvalue weighted by Gasteiger charge is 2.33. The van der Waals surface area contributed by atoms with E-state index in [0.717, 1.165) is 50.5 Å². The summed E-state index contributed by atoms with van der Waals surface area (Å²) in [5, 5.41) is 9.71. The maximum atomic E-state index is 13.5. The van der Waals surface area contributed by atoms with Gasteiger partial charge < -0.3 is 20.9 Å². The van der Waals surface area contributed by atoms with Gasteiger partial charge in [0.05, 0.1) is 0 Å². The number of urea groups is 1. The van der Waals surface area contributed by atoms with Crippen molar-refractivity contribution in [2.24, 2.45) is 11.8 Å². The summed E-state index contributed by atoms with van der Waals surface area (Å²) in [5.74, 6) is 1.41. The number of benzene rings is 2. The Balaban J connectivity index is 1.40. The van der Waals surface area contributed by atoms with E-state index in [-0.39, 0.29) is 5.91 Å². The fourth-order valence-corrected chi connectivity index (χ4v) is 4.98. The largest absolute Gasteiger partial charge is 0.341 e. The molecule has 0 radical (unpaired) electrons. The quantitative estimate of drug-likeness (QED) is 0.625. The molecule has 170 valence electrons. The minimum Gasteiger partial charge on any atom is -0.341 e. The second kappa shape index (κ2) is 10.8. The molecule has 0 aromatic heterocycles. The van der Waals surface area contributed by atoms with Crippen LogP contribution in [0, 0.1) is 11.8 Å². The molecule has 2 aliphatic rings. The molecule has 2 aromatic carbocycles. The lowest BCUT2D eigenvalue weighted by molar-refractivity contribution is -0.135. The van der Waals surface area contributed by atoms with Crippen molar-refractivity contribution in [2.45, 2.75) is 31.7 Å². The predicted molar refractivity (Wildman–Crippen MR) is 128 cm³/mol. The Morgan fingerprint density at radius 2 is 1.53 bits per heavy atom. The van der Waals surface area contributed by atoms with Crippen LogP contribution in [0.5, 0.6) is 0 Å². The van der Waals surface area contributed by atoms with Gasteiger partial charge in [-0.2, -0.15) is 0 Å². The van der Waals surface area contributed by atoms with E-state index in [4.69, 9.17) is 11.6 Å². The van der Waals surface area contributed by atoms with E-state index in [1.165, 1.54) is 12.8 Å². The number of hydrogen-bond donors (Lipinski definition) is 3. The van der Waals surface area contributed by atoms with E-state index in [2.05, 4.69) is 16.0 Å². The fourth-order valence-electron chi connectivity index (χ4n) is 4.85. The van der Waals surface area contributed by atoms with Crippen molar-refractivity contribution in [1.82, 2.24) is 15.5 Å². The number of halogens is 1. The molecular formula is C25H31ClN4O2. The van der Waals surface area contributed by atoms with Gasteiger partial charge in [-0.3, -0.25) is 4.79 Å². The number of anilines is 1. The molecule has 3 amide bonds. The van der Waals surface area contributed by atoms with Gasteiger partial charge in [-0.05, 0) is 80.4 Å². The van der Waals surface area contributed by atoms with Crippen molar-refractivity contribution in [3.8, 4) is 0 Å². The molecule has 2 fully saturated rings. The molecule has 6 nitrogen and oxygen atoms in total. The number of nitrogens with one attached hydrogen (secondary N) is 3. The Bertz CT molecular complexity index is 892. The average molecular weight is 455 g/mol. The van der Waals surface area contributed by atoms with Crippen LogP contribution in [0.1, 0.15) is 37.3 Å². The summed E-state index contributed by atoms with van der Waals surface area (Å²) in [5.41, 5.74) is 1.40. The first kappa shape index (κ1) is 22.6. The van der Waals surface area contributed by atoms with Gasteiger partial charge in [-0.1, -0.05) is 41.9 Å². The maximum Gasteiger partial charge on any atom is 0.320 e. The summed E-state index contributed by atoms with van der Waals surface area (Å²) in [7, 11) is 0. The van der Waals surface area contributed by atoms with Crippen LogP contribution >= 0.6 is 11.6 Å². The second-order valence-corrected chi connectivity index (χ2v) is 9.14. The number of amides is 3. The number of likely N-dealkylation sites (tertiary alicyclic amines) is 1. The molecule has 1 atom stereocenters. The molecule has 3 N–H and O–H groups in total. The van der Waals surface area contributed by atoms with E-state index in [1.807, 2.05) is 35.2 Å². The van der Waals surface area contributed by atoms with E-state index in [9.17, 15) is 9.59 Å². The zero-order valence-corrected chi connectivity index (χ0v) is 19.0. The maximum absolute atomic E-state index is 13.5. The molecule has 2 heterocycles. The van der Waals surface area contributed by atoms with Crippen LogP contribution in [0.4, 0.5) is 10.5 Å². The van der Waals surface area contributed by atoms with Crippen molar-refractivity contribution < 1.29 is 9.59 Å². The molecule has 7 heteroatoms. The van der Waals surface area contributed by atoms with Gasteiger partial charge in [0, 0.05) is 23.8 Å². The first-order chi connectivity index (χ1) is 15.6. The summed E-state index contributed by atoms with van der Waals surface area (Å²) in [4.78, 5) is 28.1. The topological polar surface area (TPSA) is 73.5 Å². The summed E-state index contributed by atoms with van der Waals surface area (Å²) >= 11 is 5.92. The number of carbonyl (C=O) groups excluding carboxylic acids is 2. The van der Waals surface area contributed by atoms with Gasteiger partial charge in [-0.25, -0.2) is 4.79 Å². The Morgan fingerprint density at radius 3 is 2.19 bits per heavy atom. The molecular weight excluding hydrogens is 424 g/mol.